The summed E-state index contributed by atoms with van der Waals surface area (Å²) in [5, 5.41) is 14.2. The minimum Gasteiger partial charge on any atom is -0.362 e. The number of piperidine rings is 2. The maximum Gasteiger partial charge on any atom is 0.253 e. The number of ether oxygens (including phenoxy) is 1. The number of hydrogen-bond acceptors (Lipinski definition) is 5. The first-order valence-corrected chi connectivity index (χ1v) is 19.6. The fourth-order valence-electron chi connectivity index (χ4n) is 7.69. The van der Waals surface area contributed by atoms with Crippen LogP contribution in [-0.4, -0.2) is 65.3 Å². The zero-order valence-corrected chi connectivity index (χ0v) is 31.5. The van der Waals surface area contributed by atoms with Crippen LogP contribution in [0.25, 0.3) is 11.1 Å². The van der Waals surface area contributed by atoms with Crippen molar-refractivity contribution < 1.29 is 19.4 Å². The average molecular weight is 755 g/mol. The lowest BCUT2D eigenvalue weighted by molar-refractivity contribution is -0.161. The normalized spacial score (nSPS) is 19.9. The van der Waals surface area contributed by atoms with E-state index in [1.807, 2.05) is 78.6 Å². The highest BCUT2D eigenvalue weighted by Crippen LogP contribution is 2.30. The van der Waals surface area contributed by atoms with E-state index in [2.05, 4.69) is 33.4 Å². The number of carbonyl (C=O) groups is 2. The molecule has 7 nitrogen and oxygen atoms in total. The van der Waals surface area contributed by atoms with Crippen molar-refractivity contribution in [2.24, 2.45) is 11.8 Å². The quantitative estimate of drug-likeness (QED) is 0.172. The molecule has 0 bridgehead atoms. The number of likely N-dealkylation sites (tertiary alicyclic amines) is 1. The molecule has 3 aromatic rings. The molecule has 0 aromatic heterocycles. The smallest absolute Gasteiger partial charge is 0.253 e. The molecule has 0 saturated carbocycles. The van der Waals surface area contributed by atoms with Crippen molar-refractivity contribution in [1.29, 1.82) is 0 Å². The van der Waals surface area contributed by atoms with Crippen LogP contribution < -0.4 is 5.32 Å². The van der Waals surface area contributed by atoms with E-state index in [4.69, 9.17) is 4.74 Å². The van der Waals surface area contributed by atoms with Gasteiger partial charge in [0.25, 0.3) is 5.91 Å². The Morgan fingerprint density at radius 1 is 0.922 bits per heavy atom. The third kappa shape index (κ3) is 10.3. The van der Waals surface area contributed by atoms with Gasteiger partial charge >= 0.3 is 0 Å². The Morgan fingerprint density at radius 3 is 2.29 bits per heavy atom. The molecule has 3 aromatic carbocycles. The summed E-state index contributed by atoms with van der Waals surface area (Å²) in [4.78, 5) is 31.3. The number of halogens is 1. The Bertz CT molecular complexity index is 1690. The first kappa shape index (κ1) is 37.2. The number of amides is 2. The van der Waals surface area contributed by atoms with Gasteiger partial charge in [-0.05, 0) is 122 Å². The van der Waals surface area contributed by atoms with E-state index in [0.29, 0.717) is 18.7 Å². The summed E-state index contributed by atoms with van der Waals surface area (Å²) in [5.74, 6) is 0.304. The van der Waals surface area contributed by atoms with Gasteiger partial charge < -0.3 is 25.0 Å². The summed E-state index contributed by atoms with van der Waals surface area (Å²) in [6.45, 7) is 6.58. The molecule has 2 amide bonds. The fourth-order valence-corrected chi connectivity index (χ4v) is 7.96. The van der Waals surface area contributed by atoms with Crippen molar-refractivity contribution in [1.82, 2.24) is 15.1 Å². The molecule has 0 spiro atoms. The molecule has 51 heavy (non-hydrogen) atoms. The summed E-state index contributed by atoms with van der Waals surface area (Å²) in [5.41, 5.74) is 5.30. The second kappa shape index (κ2) is 17.8. The van der Waals surface area contributed by atoms with E-state index in [1.165, 1.54) is 45.2 Å². The van der Waals surface area contributed by atoms with Gasteiger partial charge in [-0.15, -0.1) is 0 Å². The Hall–Kier alpha value is -3.56. The molecule has 8 heteroatoms. The van der Waals surface area contributed by atoms with Crippen LogP contribution in [0.15, 0.2) is 101 Å². The van der Waals surface area contributed by atoms with Gasteiger partial charge in [0.05, 0.1) is 13.0 Å². The largest absolute Gasteiger partial charge is 0.362 e. The molecular weight excluding hydrogens is 702 g/mol. The predicted octanol–water partition coefficient (Wildman–Crippen LogP) is 8.28. The van der Waals surface area contributed by atoms with Crippen LogP contribution in [0.1, 0.15) is 79.8 Å². The van der Waals surface area contributed by atoms with E-state index >= 15 is 0 Å². The highest BCUT2D eigenvalue weighted by molar-refractivity contribution is 9.10. The number of carbonyl (C=O) groups excluding carboxylic acids is 2. The lowest BCUT2D eigenvalue weighted by atomic mass is 9.87. The highest BCUT2D eigenvalue weighted by atomic mass is 79.9. The maximum absolute atomic E-state index is 13.9. The highest BCUT2D eigenvalue weighted by Gasteiger charge is 2.29. The van der Waals surface area contributed by atoms with Crippen molar-refractivity contribution in [2.45, 2.75) is 77.0 Å². The number of rotatable bonds is 13. The predicted molar refractivity (Wildman–Crippen MR) is 207 cm³/mol. The molecule has 1 aliphatic carbocycles. The molecule has 6 rings (SSSR count). The topological polar surface area (TPSA) is 82.1 Å². The first-order chi connectivity index (χ1) is 24.8. The van der Waals surface area contributed by atoms with Crippen molar-refractivity contribution in [3.63, 3.8) is 0 Å². The van der Waals surface area contributed by atoms with Crippen molar-refractivity contribution in [2.75, 3.05) is 32.8 Å². The molecule has 0 radical (unpaired) electrons. The van der Waals surface area contributed by atoms with Gasteiger partial charge in [0, 0.05) is 41.9 Å². The van der Waals surface area contributed by atoms with Gasteiger partial charge in [0.15, 0.2) is 5.79 Å². The molecule has 3 aliphatic rings. The van der Waals surface area contributed by atoms with Crippen LogP contribution in [0.2, 0.25) is 0 Å². The number of nitrogens with zero attached hydrogens (tertiary/aromatic N) is 2. The molecule has 270 valence electrons. The van der Waals surface area contributed by atoms with Gasteiger partial charge in [0.2, 0.25) is 5.91 Å². The number of nitrogens with one attached hydrogen (secondary N) is 1. The molecule has 2 saturated heterocycles. The van der Waals surface area contributed by atoms with Crippen LogP contribution in [0, 0.1) is 11.8 Å². The van der Waals surface area contributed by atoms with Gasteiger partial charge in [0.1, 0.15) is 0 Å². The van der Waals surface area contributed by atoms with E-state index in [0.717, 1.165) is 70.2 Å². The fraction of sp³-hybridized carbons (Fsp3) is 0.442. The molecule has 1 unspecified atom stereocenters. The lowest BCUT2D eigenvalue weighted by Gasteiger charge is -2.32. The Labute approximate surface area is 311 Å². The molecular formula is C43H52BrN3O4. The van der Waals surface area contributed by atoms with E-state index in [1.54, 1.807) is 17.1 Å². The molecule has 1 atom stereocenters. The van der Waals surface area contributed by atoms with Crippen molar-refractivity contribution in [3.05, 3.63) is 118 Å². The SMILES string of the molecule is CCOC1(O)C=CC(N(Cc2cccc(-c3cccc(C(=O)N4CCC(CCCC5CCNCC5)CC4)c3)c2)C(=O)Cc2ccc(Br)cc2)=CC1. The van der Waals surface area contributed by atoms with Gasteiger partial charge in [-0.25, -0.2) is 0 Å². The minimum atomic E-state index is -1.37. The summed E-state index contributed by atoms with van der Waals surface area (Å²) in [6.07, 6.45) is 14.5. The number of allylic oxidation sites excluding steroid dienone is 1. The lowest BCUT2D eigenvalue weighted by Crippen LogP contribution is -2.38. The summed E-state index contributed by atoms with van der Waals surface area (Å²) >= 11 is 3.48. The summed E-state index contributed by atoms with van der Waals surface area (Å²) < 4.78 is 6.50. The zero-order valence-electron chi connectivity index (χ0n) is 29.9. The van der Waals surface area contributed by atoms with Gasteiger partial charge in [-0.1, -0.05) is 83.7 Å². The van der Waals surface area contributed by atoms with Crippen LogP contribution in [0.3, 0.4) is 0 Å². The van der Waals surface area contributed by atoms with Gasteiger partial charge in [-0.3, -0.25) is 9.59 Å². The maximum atomic E-state index is 13.9. The second-order valence-corrected chi connectivity index (χ2v) is 15.3. The monoisotopic (exact) mass is 753 g/mol. The first-order valence-electron chi connectivity index (χ1n) is 18.8. The molecule has 2 aliphatic heterocycles. The number of benzene rings is 3. The third-order valence-electron chi connectivity index (χ3n) is 10.7. The van der Waals surface area contributed by atoms with Crippen molar-refractivity contribution in [3.8, 4) is 11.1 Å². The Kier molecular flexibility index (Phi) is 13.0. The van der Waals surface area contributed by atoms with E-state index < -0.39 is 5.79 Å². The van der Waals surface area contributed by atoms with E-state index in [-0.39, 0.29) is 24.7 Å². The second-order valence-electron chi connectivity index (χ2n) is 14.4. The number of hydrogen-bond donors (Lipinski definition) is 2. The van der Waals surface area contributed by atoms with Crippen LogP contribution in [0.4, 0.5) is 0 Å². The van der Waals surface area contributed by atoms with E-state index in [9.17, 15) is 14.7 Å². The average Bonchev–Trinajstić information content (AvgIpc) is 3.16. The Balaban J connectivity index is 1.11. The molecule has 2 heterocycles. The van der Waals surface area contributed by atoms with Crippen LogP contribution in [-0.2, 0) is 22.5 Å². The summed E-state index contributed by atoms with van der Waals surface area (Å²) in [6, 6.07) is 23.9. The zero-order chi connectivity index (χ0) is 35.6. The molecule has 2 fully saturated rings. The number of aliphatic hydroxyl groups is 1. The third-order valence-corrected chi connectivity index (χ3v) is 11.2. The summed E-state index contributed by atoms with van der Waals surface area (Å²) in [7, 11) is 0. The minimum absolute atomic E-state index is 0.0430. The van der Waals surface area contributed by atoms with Crippen LogP contribution >= 0.6 is 15.9 Å². The van der Waals surface area contributed by atoms with Crippen molar-refractivity contribution >= 4 is 27.7 Å². The van der Waals surface area contributed by atoms with Crippen LogP contribution in [0.5, 0.6) is 0 Å². The standard InChI is InChI=1S/C43H52BrN3O4/c1-2-51-43(50)22-16-40(17-23-43)47(41(48)29-34-12-14-39(44)15-13-34)31-35-8-4-9-36(28-35)37-10-5-11-38(30-37)42(49)46-26-20-33(21-27-46)7-3-6-32-18-24-45-25-19-32/h4-5,8-17,22,28,30,32-33,45,50H,2-3,6-7,18-21,23-27,29,31H2,1H3. The van der Waals surface area contributed by atoms with Gasteiger partial charge in [-0.2, -0.15) is 0 Å². The molecule has 2 N–H and O–H groups in total. The Morgan fingerprint density at radius 2 is 1.61 bits per heavy atom.